The zero-order valence-electron chi connectivity index (χ0n) is 10.1. The largest absolute Gasteiger partial charge is 0.384 e. The van der Waals surface area contributed by atoms with Crippen molar-refractivity contribution < 1.29 is 0 Å². The van der Waals surface area contributed by atoms with E-state index in [1.165, 1.54) is 12.8 Å². The molecule has 17 heavy (non-hydrogen) atoms. The van der Waals surface area contributed by atoms with E-state index in [2.05, 4.69) is 17.0 Å². The summed E-state index contributed by atoms with van der Waals surface area (Å²) < 4.78 is 1.77. The molecule has 2 aromatic rings. The van der Waals surface area contributed by atoms with E-state index in [1.807, 2.05) is 25.1 Å². The van der Waals surface area contributed by atoms with Crippen LogP contribution in [0.3, 0.4) is 0 Å². The lowest BCUT2D eigenvalue weighted by molar-refractivity contribution is 0.717. The summed E-state index contributed by atoms with van der Waals surface area (Å²) in [4.78, 5) is 4.27. The van der Waals surface area contributed by atoms with Crippen molar-refractivity contribution in [1.29, 1.82) is 0 Å². The lowest BCUT2D eigenvalue weighted by Crippen LogP contribution is -2.05. The number of nitrogen functional groups attached to an aromatic ring is 1. The number of hydrogen-bond donors (Lipinski definition) is 1. The van der Waals surface area contributed by atoms with Crippen LogP contribution in [0.5, 0.6) is 0 Å². The molecule has 2 aromatic heterocycles. The van der Waals surface area contributed by atoms with E-state index in [9.17, 15) is 0 Å². The van der Waals surface area contributed by atoms with E-state index < -0.39 is 0 Å². The zero-order valence-corrected chi connectivity index (χ0v) is 10.1. The second-order valence-electron chi connectivity index (χ2n) is 5.08. The first kappa shape index (κ1) is 10.3. The molecule has 2 heterocycles. The van der Waals surface area contributed by atoms with Crippen LogP contribution in [0.15, 0.2) is 24.4 Å². The van der Waals surface area contributed by atoms with Gasteiger partial charge in [-0.05, 0) is 31.9 Å². The first-order valence-electron chi connectivity index (χ1n) is 5.88. The molecule has 1 saturated carbocycles. The number of anilines is 1. The SMILES string of the molecule is Cc1ccc(-n2nc(C3(C)CC3)cc2N)cn1. The summed E-state index contributed by atoms with van der Waals surface area (Å²) in [6.45, 7) is 4.19. The Morgan fingerprint density at radius 1 is 1.35 bits per heavy atom. The van der Waals surface area contributed by atoms with E-state index in [0.29, 0.717) is 5.82 Å². The number of aryl methyl sites for hydroxylation is 1. The third kappa shape index (κ3) is 1.69. The molecule has 0 bridgehead atoms. The van der Waals surface area contributed by atoms with Gasteiger partial charge in [-0.2, -0.15) is 5.10 Å². The smallest absolute Gasteiger partial charge is 0.127 e. The van der Waals surface area contributed by atoms with Crippen LogP contribution >= 0.6 is 0 Å². The molecule has 0 saturated heterocycles. The van der Waals surface area contributed by atoms with Gasteiger partial charge in [0.15, 0.2) is 0 Å². The number of nitrogens with zero attached hydrogens (tertiary/aromatic N) is 3. The van der Waals surface area contributed by atoms with Crippen molar-refractivity contribution in [3.8, 4) is 5.69 Å². The average molecular weight is 228 g/mol. The first-order chi connectivity index (χ1) is 8.08. The molecule has 0 radical (unpaired) electrons. The minimum atomic E-state index is 0.248. The average Bonchev–Trinajstić information content (AvgIpc) is 2.93. The van der Waals surface area contributed by atoms with Crippen LogP contribution in [-0.4, -0.2) is 14.8 Å². The van der Waals surface area contributed by atoms with Gasteiger partial charge in [0, 0.05) is 17.2 Å². The molecule has 0 unspecified atom stereocenters. The highest BCUT2D eigenvalue weighted by molar-refractivity contribution is 5.44. The van der Waals surface area contributed by atoms with Gasteiger partial charge in [0.1, 0.15) is 5.82 Å². The molecule has 0 amide bonds. The quantitative estimate of drug-likeness (QED) is 0.857. The molecular weight excluding hydrogens is 212 g/mol. The van der Waals surface area contributed by atoms with Crippen LogP contribution in [0.25, 0.3) is 5.69 Å². The number of rotatable bonds is 2. The first-order valence-corrected chi connectivity index (χ1v) is 5.88. The molecule has 4 nitrogen and oxygen atoms in total. The monoisotopic (exact) mass is 228 g/mol. The predicted molar refractivity (Wildman–Crippen MR) is 67.1 cm³/mol. The second-order valence-corrected chi connectivity index (χ2v) is 5.08. The summed E-state index contributed by atoms with van der Waals surface area (Å²) in [6, 6.07) is 5.94. The third-order valence-electron chi connectivity index (χ3n) is 3.50. The van der Waals surface area contributed by atoms with E-state index in [0.717, 1.165) is 17.1 Å². The third-order valence-corrected chi connectivity index (χ3v) is 3.50. The van der Waals surface area contributed by atoms with Crippen molar-refractivity contribution in [3.63, 3.8) is 0 Å². The number of nitrogens with two attached hydrogens (primary N) is 1. The maximum absolute atomic E-state index is 6.01. The number of pyridine rings is 1. The standard InChI is InChI=1S/C13H16N4/c1-9-3-4-10(8-15-9)17-12(14)7-11(16-17)13(2)5-6-13/h3-4,7-8H,5-6,14H2,1-2H3. The van der Waals surface area contributed by atoms with Gasteiger partial charge in [-0.25, -0.2) is 4.68 Å². The van der Waals surface area contributed by atoms with Crippen LogP contribution < -0.4 is 5.73 Å². The van der Waals surface area contributed by atoms with Crippen LogP contribution in [-0.2, 0) is 5.41 Å². The Hall–Kier alpha value is -1.84. The topological polar surface area (TPSA) is 56.7 Å². The maximum Gasteiger partial charge on any atom is 0.127 e. The van der Waals surface area contributed by atoms with Gasteiger partial charge in [0.05, 0.1) is 17.6 Å². The van der Waals surface area contributed by atoms with Gasteiger partial charge < -0.3 is 5.73 Å². The Balaban J connectivity index is 2.03. The van der Waals surface area contributed by atoms with Crippen LogP contribution in [0.2, 0.25) is 0 Å². The Kier molecular flexibility index (Phi) is 2.02. The Bertz CT molecular complexity index is 549. The molecule has 88 valence electrons. The minimum absolute atomic E-state index is 0.248. The second kappa shape index (κ2) is 3.32. The van der Waals surface area contributed by atoms with Gasteiger partial charge >= 0.3 is 0 Å². The molecule has 1 fully saturated rings. The zero-order chi connectivity index (χ0) is 12.0. The minimum Gasteiger partial charge on any atom is -0.384 e. The van der Waals surface area contributed by atoms with Crippen molar-refractivity contribution in [2.24, 2.45) is 0 Å². The molecule has 1 aliphatic carbocycles. The van der Waals surface area contributed by atoms with Crippen molar-refractivity contribution in [2.45, 2.75) is 32.1 Å². The highest BCUT2D eigenvalue weighted by Crippen LogP contribution is 2.47. The van der Waals surface area contributed by atoms with Crippen LogP contribution in [0, 0.1) is 6.92 Å². The lowest BCUT2D eigenvalue weighted by Gasteiger charge is -2.04. The van der Waals surface area contributed by atoms with E-state index in [1.54, 1.807) is 10.9 Å². The van der Waals surface area contributed by atoms with Crippen LogP contribution in [0.4, 0.5) is 5.82 Å². The Morgan fingerprint density at radius 2 is 2.12 bits per heavy atom. The predicted octanol–water partition coefficient (Wildman–Crippen LogP) is 2.21. The van der Waals surface area contributed by atoms with E-state index in [4.69, 9.17) is 5.73 Å². The molecule has 2 N–H and O–H groups in total. The Labute approximate surface area is 100 Å². The van der Waals surface area contributed by atoms with Gasteiger partial charge in [0.2, 0.25) is 0 Å². The van der Waals surface area contributed by atoms with Gasteiger partial charge in [-0.1, -0.05) is 6.92 Å². The highest BCUT2D eigenvalue weighted by Gasteiger charge is 2.41. The fourth-order valence-electron chi connectivity index (χ4n) is 1.93. The fraction of sp³-hybridized carbons (Fsp3) is 0.385. The summed E-state index contributed by atoms with van der Waals surface area (Å²) in [5.74, 6) is 0.679. The van der Waals surface area contributed by atoms with Crippen molar-refractivity contribution >= 4 is 5.82 Å². The maximum atomic E-state index is 6.01. The summed E-state index contributed by atoms with van der Waals surface area (Å²) in [7, 11) is 0. The molecule has 1 aliphatic rings. The Morgan fingerprint density at radius 3 is 2.71 bits per heavy atom. The van der Waals surface area contributed by atoms with Crippen molar-refractivity contribution in [1.82, 2.24) is 14.8 Å². The number of aromatic nitrogens is 3. The van der Waals surface area contributed by atoms with Crippen molar-refractivity contribution in [3.05, 3.63) is 35.8 Å². The number of hydrogen-bond acceptors (Lipinski definition) is 3. The summed E-state index contributed by atoms with van der Waals surface area (Å²) in [5, 5.41) is 4.60. The molecule has 4 heteroatoms. The van der Waals surface area contributed by atoms with Crippen LogP contribution in [0.1, 0.15) is 31.2 Å². The van der Waals surface area contributed by atoms with Gasteiger partial charge in [0.25, 0.3) is 0 Å². The molecular formula is C13H16N4. The molecule has 3 rings (SSSR count). The van der Waals surface area contributed by atoms with E-state index in [-0.39, 0.29) is 5.41 Å². The molecule has 0 atom stereocenters. The summed E-state index contributed by atoms with van der Waals surface area (Å²) in [6.07, 6.45) is 4.21. The molecule has 0 aliphatic heterocycles. The van der Waals surface area contributed by atoms with Gasteiger partial charge in [-0.15, -0.1) is 0 Å². The molecule has 0 aromatic carbocycles. The molecule has 0 spiro atoms. The summed E-state index contributed by atoms with van der Waals surface area (Å²) in [5.41, 5.74) is 9.26. The van der Waals surface area contributed by atoms with E-state index >= 15 is 0 Å². The fourth-order valence-corrected chi connectivity index (χ4v) is 1.93. The summed E-state index contributed by atoms with van der Waals surface area (Å²) >= 11 is 0. The normalized spacial score (nSPS) is 17.1. The highest BCUT2D eigenvalue weighted by atomic mass is 15.3. The van der Waals surface area contributed by atoms with Crippen molar-refractivity contribution in [2.75, 3.05) is 5.73 Å². The van der Waals surface area contributed by atoms with Gasteiger partial charge in [-0.3, -0.25) is 4.98 Å². The lowest BCUT2D eigenvalue weighted by atomic mass is 10.1.